The van der Waals surface area contributed by atoms with Gasteiger partial charge in [0.1, 0.15) is 0 Å². The van der Waals surface area contributed by atoms with Crippen LogP contribution in [0, 0.1) is 5.92 Å². The summed E-state index contributed by atoms with van der Waals surface area (Å²) in [6.45, 7) is 6.84. The van der Waals surface area contributed by atoms with E-state index in [1.54, 1.807) is 0 Å². The first-order chi connectivity index (χ1) is 14.7. The van der Waals surface area contributed by atoms with Gasteiger partial charge in [-0.1, -0.05) is 37.3 Å². The van der Waals surface area contributed by atoms with E-state index in [4.69, 9.17) is 0 Å². The Kier molecular flexibility index (Phi) is 4.14. The summed E-state index contributed by atoms with van der Waals surface area (Å²) in [6.07, 6.45) is 1.93. The predicted octanol–water partition coefficient (Wildman–Crippen LogP) is 2.63. The Balaban J connectivity index is 1.18. The fourth-order valence-electron chi connectivity index (χ4n) is 4.73. The molecular weight excluding hydrogens is 376 g/mol. The second-order valence-corrected chi connectivity index (χ2v) is 8.73. The number of likely N-dealkylation sites (tertiary alicyclic amines) is 2. The number of nitrogens with zero attached hydrogens (tertiary/aromatic N) is 5. The van der Waals surface area contributed by atoms with Gasteiger partial charge in [0.25, 0.3) is 0 Å². The molecule has 4 heterocycles. The second-order valence-electron chi connectivity index (χ2n) is 8.73. The fourth-order valence-corrected chi connectivity index (χ4v) is 4.73. The minimum atomic E-state index is 0.0264. The van der Waals surface area contributed by atoms with Crippen molar-refractivity contribution in [1.29, 1.82) is 0 Å². The number of likely N-dealkylation sites (N-methyl/N-ethyl adjacent to an activating group) is 1. The zero-order chi connectivity index (χ0) is 20.2. The molecule has 1 amide bonds. The van der Waals surface area contributed by atoms with Crippen molar-refractivity contribution in [1.82, 2.24) is 24.4 Å². The average molecular weight is 403 g/mol. The molecule has 7 heteroatoms. The van der Waals surface area contributed by atoms with Crippen molar-refractivity contribution >= 4 is 17.5 Å². The van der Waals surface area contributed by atoms with Gasteiger partial charge in [-0.15, -0.1) is 5.10 Å². The van der Waals surface area contributed by atoms with Crippen LogP contribution in [0.15, 0.2) is 42.5 Å². The van der Waals surface area contributed by atoms with E-state index >= 15 is 0 Å². The summed E-state index contributed by atoms with van der Waals surface area (Å²) in [6, 6.07) is 16.2. The van der Waals surface area contributed by atoms with Crippen molar-refractivity contribution < 1.29 is 4.79 Å². The molecular formula is C23H26N6O. The number of carbonyl (C=O) groups is 1. The fraction of sp³-hybridized carbons (Fsp3) is 0.435. The summed E-state index contributed by atoms with van der Waals surface area (Å²) < 4.78 is 1.81. The average Bonchev–Trinajstić information content (AvgIpc) is 3.52. The highest BCUT2D eigenvalue weighted by molar-refractivity contribution is 5.92. The SMILES string of the molecule is CCN1CC2C1CN2Cc1ccc(-c2cccc3nc(NC(=O)C4CC4)nn23)cc1. The predicted molar refractivity (Wildman–Crippen MR) is 115 cm³/mol. The van der Waals surface area contributed by atoms with Crippen molar-refractivity contribution in [2.24, 2.45) is 5.92 Å². The number of aromatic nitrogens is 3. The van der Waals surface area contributed by atoms with E-state index in [2.05, 4.69) is 56.4 Å². The molecule has 30 heavy (non-hydrogen) atoms. The van der Waals surface area contributed by atoms with Crippen molar-refractivity contribution in [3.05, 3.63) is 48.0 Å². The number of hydrogen-bond donors (Lipinski definition) is 1. The quantitative estimate of drug-likeness (QED) is 0.687. The van der Waals surface area contributed by atoms with Gasteiger partial charge in [0.05, 0.1) is 5.69 Å². The lowest BCUT2D eigenvalue weighted by Crippen LogP contribution is -2.78. The maximum atomic E-state index is 12.0. The van der Waals surface area contributed by atoms with Crippen LogP contribution in [0.2, 0.25) is 0 Å². The Morgan fingerprint density at radius 3 is 2.53 bits per heavy atom. The standard InChI is InChI=1S/C23H26N6O/c1-2-27-13-20-19(27)14-28(20)12-15-6-8-16(9-7-15)18-4-3-5-21-24-23(26-29(18)21)25-22(30)17-10-11-17/h3-9,17,19-20H,2,10-14H2,1H3,(H,25,26,30). The molecule has 2 atom stereocenters. The van der Waals surface area contributed by atoms with Crippen molar-refractivity contribution in [2.75, 3.05) is 25.0 Å². The molecule has 3 aromatic rings. The topological polar surface area (TPSA) is 65.8 Å². The number of benzene rings is 1. The van der Waals surface area contributed by atoms with Crippen LogP contribution in [0.25, 0.3) is 16.9 Å². The van der Waals surface area contributed by atoms with E-state index in [0.717, 1.165) is 48.4 Å². The number of carbonyl (C=O) groups excluding carboxylic acids is 1. The molecule has 2 aliphatic heterocycles. The molecule has 2 aromatic heterocycles. The third kappa shape index (κ3) is 3.00. The molecule has 2 unspecified atom stereocenters. The Morgan fingerprint density at radius 2 is 1.83 bits per heavy atom. The van der Waals surface area contributed by atoms with E-state index in [-0.39, 0.29) is 11.8 Å². The van der Waals surface area contributed by atoms with Gasteiger partial charge in [-0.05, 0) is 37.1 Å². The molecule has 0 radical (unpaired) electrons. The largest absolute Gasteiger partial charge is 0.296 e. The van der Waals surface area contributed by atoms with Gasteiger partial charge in [0, 0.05) is 43.2 Å². The summed E-state index contributed by atoms with van der Waals surface area (Å²) >= 11 is 0. The van der Waals surface area contributed by atoms with E-state index in [1.165, 1.54) is 25.2 Å². The molecule has 1 N–H and O–H groups in total. The van der Waals surface area contributed by atoms with E-state index < -0.39 is 0 Å². The lowest BCUT2D eigenvalue weighted by Gasteiger charge is -2.62. The molecule has 3 aliphatic rings. The van der Waals surface area contributed by atoms with Crippen LogP contribution in [-0.2, 0) is 11.3 Å². The molecule has 1 saturated carbocycles. The number of pyridine rings is 1. The molecule has 1 aromatic carbocycles. The van der Waals surface area contributed by atoms with Crippen molar-refractivity contribution in [3.8, 4) is 11.3 Å². The minimum Gasteiger partial charge on any atom is -0.296 e. The van der Waals surface area contributed by atoms with Crippen molar-refractivity contribution in [3.63, 3.8) is 0 Å². The summed E-state index contributed by atoms with van der Waals surface area (Å²) in [5.74, 6) is 0.541. The van der Waals surface area contributed by atoms with Gasteiger partial charge in [-0.3, -0.25) is 19.9 Å². The highest BCUT2D eigenvalue weighted by Crippen LogP contribution is 2.34. The molecule has 0 spiro atoms. The zero-order valence-electron chi connectivity index (χ0n) is 17.2. The molecule has 3 fully saturated rings. The molecule has 7 nitrogen and oxygen atoms in total. The first kappa shape index (κ1) is 18.0. The van der Waals surface area contributed by atoms with Crippen LogP contribution in [0.5, 0.6) is 0 Å². The lowest BCUT2D eigenvalue weighted by atomic mass is 9.85. The summed E-state index contributed by atoms with van der Waals surface area (Å²) in [5.41, 5.74) is 4.15. The Bertz CT molecular complexity index is 1100. The summed E-state index contributed by atoms with van der Waals surface area (Å²) in [5, 5.41) is 7.38. The van der Waals surface area contributed by atoms with E-state index in [0.29, 0.717) is 5.95 Å². The first-order valence-electron chi connectivity index (χ1n) is 10.9. The third-order valence-electron chi connectivity index (χ3n) is 6.81. The van der Waals surface area contributed by atoms with Crippen LogP contribution in [0.1, 0.15) is 25.3 Å². The third-order valence-corrected chi connectivity index (χ3v) is 6.81. The van der Waals surface area contributed by atoms with Crippen LogP contribution in [0.3, 0.4) is 0 Å². The van der Waals surface area contributed by atoms with Gasteiger partial charge >= 0.3 is 0 Å². The van der Waals surface area contributed by atoms with E-state index in [9.17, 15) is 4.79 Å². The molecule has 1 aliphatic carbocycles. The smallest absolute Gasteiger partial charge is 0.249 e. The number of rotatable bonds is 6. The molecule has 0 bridgehead atoms. The first-order valence-corrected chi connectivity index (χ1v) is 10.9. The highest BCUT2D eigenvalue weighted by Gasteiger charge is 2.50. The maximum Gasteiger partial charge on any atom is 0.249 e. The van der Waals surface area contributed by atoms with Crippen molar-refractivity contribution in [2.45, 2.75) is 38.4 Å². The molecule has 154 valence electrons. The van der Waals surface area contributed by atoms with Crippen LogP contribution in [-0.4, -0.2) is 62.0 Å². The molecule has 2 saturated heterocycles. The monoisotopic (exact) mass is 402 g/mol. The number of piperazine rings is 1. The number of amides is 1. The number of nitrogens with one attached hydrogen (secondary N) is 1. The Morgan fingerprint density at radius 1 is 1.07 bits per heavy atom. The highest BCUT2D eigenvalue weighted by atomic mass is 16.2. The zero-order valence-corrected chi connectivity index (χ0v) is 17.2. The molecule has 6 rings (SSSR count). The number of fused-ring (bicyclic) bond motifs is 2. The van der Waals surface area contributed by atoms with Gasteiger partial charge < -0.3 is 0 Å². The second kappa shape index (κ2) is 6.89. The Labute approximate surface area is 175 Å². The minimum absolute atomic E-state index is 0.0264. The van der Waals surface area contributed by atoms with Gasteiger partial charge in [-0.2, -0.15) is 4.98 Å². The Hall–Kier alpha value is -2.77. The summed E-state index contributed by atoms with van der Waals surface area (Å²) in [4.78, 5) is 21.6. The van der Waals surface area contributed by atoms with E-state index in [1.807, 2.05) is 22.7 Å². The number of anilines is 1. The summed E-state index contributed by atoms with van der Waals surface area (Å²) in [7, 11) is 0. The van der Waals surface area contributed by atoms with Gasteiger partial charge in [0.2, 0.25) is 11.9 Å². The van der Waals surface area contributed by atoms with Gasteiger partial charge in [0.15, 0.2) is 5.65 Å². The number of hydrogen-bond acceptors (Lipinski definition) is 5. The van der Waals surface area contributed by atoms with Crippen LogP contribution in [0.4, 0.5) is 5.95 Å². The lowest BCUT2D eigenvalue weighted by molar-refractivity contribution is -0.125. The van der Waals surface area contributed by atoms with Crippen LogP contribution >= 0.6 is 0 Å². The van der Waals surface area contributed by atoms with Gasteiger partial charge in [-0.25, -0.2) is 4.52 Å². The maximum absolute atomic E-state index is 12.0. The normalized spacial score (nSPS) is 23.6. The van der Waals surface area contributed by atoms with Crippen LogP contribution < -0.4 is 5.32 Å².